The fourth-order valence-corrected chi connectivity index (χ4v) is 2.34. The fourth-order valence-electron chi connectivity index (χ4n) is 2.00. The van der Waals surface area contributed by atoms with Crippen LogP contribution < -0.4 is 4.90 Å². The van der Waals surface area contributed by atoms with E-state index in [9.17, 15) is 0 Å². The van der Waals surface area contributed by atoms with Gasteiger partial charge in [-0.15, -0.1) is 5.10 Å². The molecule has 0 saturated carbocycles. The summed E-state index contributed by atoms with van der Waals surface area (Å²) in [4.78, 5) is 2.15. The van der Waals surface area contributed by atoms with E-state index in [1.54, 1.807) is 0 Å². The van der Waals surface area contributed by atoms with Crippen LogP contribution in [0.3, 0.4) is 0 Å². The lowest BCUT2D eigenvalue weighted by atomic mass is 10.3. The highest BCUT2D eigenvalue weighted by molar-refractivity contribution is 7.71. The van der Waals surface area contributed by atoms with Gasteiger partial charge in [-0.3, -0.25) is 4.57 Å². The van der Waals surface area contributed by atoms with Gasteiger partial charge in [0.1, 0.15) is 0 Å². The maximum Gasteiger partial charge on any atom is 0.230 e. The van der Waals surface area contributed by atoms with Crippen molar-refractivity contribution in [2.24, 2.45) is 0 Å². The summed E-state index contributed by atoms with van der Waals surface area (Å²) < 4.78 is 2.70. The fraction of sp³-hybridized carbons (Fsp3) is 0.385. The van der Waals surface area contributed by atoms with Gasteiger partial charge in [0.05, 0.1) is 0 Å². The Balaban J connectivity index is 2.49. The van der Waals surface area contributed by atoms with Crippen molar-refractivity contribution in [2.45, 2.75) is 26.8 Å². The number of benzene rings is 1. The minimum Gasteiger partial charge on any atom is -0.311 e. The normalized spacial score (nSPS) is 10.9. The lowest BCUT2D eigenvalue weighted by molar-refractivity contribution is 0.588. The quantitative estimate of drug-likeness (QED) is 0.854. The first-order valence-electron chi connectivity index (χ1n) is 6.14. The standard InChI is InChI=1S/C13H18N4S/c1-4-16(11-8-6-5-7-9-11)12-14-15-13(18)17(12)10(2)3/h5-10H,4H2,1-3H3,(H,15,18). The maximum atomic E-state index is 5.28. The highest BCUT2D eigenvalue weighted by atomic mass is 32.1. The van der Waals surface area contributed by atoms with Crippen LogP contribution in [0.15, 0.2) is 30.3 Å². The molecule has 1 heterocycles. The smallest absolute Gasteiger partial charge is 0.230 e. The predicted molar refractivity (Wildman–Crippen MR) is 76.9 cm³/mol. The van der Waals surface area contributed by atoms with E-state index >= 15 is 0 Å². The van der Waals surface area contributed by atoms with Gasteiger partial charge in [0.2, 0.25) is 5.95 Å². The van der Waals surface area contributed by atoms with Crippen LogP contribution in [0, 0.1) is 4.77 Å². The van der Waals surface area contributed by atoms with Gasteiger partial charge < -0.3 is 4.90 Å². The number of nitrogens with one attached hydrogen (secondary N) is 1. The Bertz CT molecular complexity index is 556. The van der Waals surface area contributed by atoms with Gasteiger partial charge in [-0.05, 0) is 45.1 Å². The molecule has 5 heteroatoms. The van der Waals surface area contributed by atoms with E-state index in [0.29, 0.717) is 4.77 Å². The minimum atomic E-state index is 0.281. The average Bonchev–Trinajstić information content (AvgIpc) is 2.74. The van der Waals surface area contributed by atoms with E-state index in [1.165, 1.54) is 0 Å². The van der Waals surface area contributed by atoms with Gasteiger partial charge in [0.15, 0.2) is 4.77 Å². The van der Waals surface area contributed by atoms with E-state index in [0.717, 1.165) is 18.2 Å². The van der Waals surface area contributed by atoms with Gasteiger partial charge in [-0.1, -0.05) is 18.2 Å². The number of aromatic amines is 1. The Morgan fingerprint density at radius 2 is 2.00 bits per heavy atom. The van der Waals surface area contributed by atoms with E-state index in [2.05, 4.69) is 48.0 Å². The number of anilines is 2. The van der Waals surface area contributed by atoms with Crippen molar-refractivity contribution in [3.05, 3.63) is 35.1 Å². The summed E-state index contributed by atoms with van der Waals surface area (Å²) in [5, 5.41) is 7.23. The molecular formula is C13H18N4S. The first-order chi connectivity index (χ1) is 8.65. The maximum absolute atomic E-state index is 5.28. The number of aromatic nitrogens is 3. The van der Waals surface area contributed by atoms with Crippen LogP contribution in [0.4, 0.5) is 11.6 Å². The topological polar surface area (TPSA) is 36.9 Å². The second-order valence-corrected chi connectivity index (χ2v) is 4.76. The van der Waals surface area contributed by atoms with Crippen LogP contribution in [0.1, 0.15) is 26.8 Å². The molecule has 2 rings (SSSR count). The summed E-state index contributed by atoms with van der Waals surface area (Å²) in [5.74, 6) is 0.865. The van der Waals surface area contributed by atoms with Gasteiger partial charge in [-0.2, -0.15) is 0 Å². The van der Waals surface area contributed by atoms with Crippen molar-refractivity contribution >= 4 is 23.9 Å². The molecule has 0 saturated heterocycles. The zero-order chi connectivity index (χ0) is 13.1. The molecule has 0 aliphatic rings. The van der Waals surface area contributed by atoms with Crippen molar-refractivity contribution in [1.29, 1.82) is 0 Å². The molecule has 18 heavy (non-hydrogen) atoms. The summed E-state index contributed by atoms with van der Waals surface area (Å²) in [7, 11) is 0. The number of hydrogen-bond donors (Lipinski definition) is 1. The van der Waals surface area contributed by atoms with Crippen LogP contribution >= 0.6 is 12.2 Å². The van der Waals surface area contributed by atoms with Crippen LogP contribution in [0.2, 0.25) is 0 Å². The molecule has 4 nitrogen and oxygen atoms in total. The molecule has 0 aliphatic carbocycles. The highest BCUT2D eigenvalue weighted by Crippen LogP contribution is 2.25. The molecule has 0 atom stereocenters. The van der Waals surface area contributed by atoms with Gasteiger partial charge >= 0.3 is 0 Å². The molecular weight excluding hydrogens is 244 g/mol. The predicted octanol–water partition coefficient (Wildman–Crippen LogP) is 3.68. The monoisotopic (exact) mass is 262 g/mol. The SMILES string of the molecule is CCN(c1ccccc1)c1n[nH]c(=S)n1C(C)C. The first-order valence-corrected chi connectivity index (χ1v) is 6.55. The summed E-state index contributed by atoms with van der Waals surface area (Å²) in [6.07, 6.45) is 0. The summed E-state index contributed by atoms with van der Waals surface area (Å²) in [6, 6.07) is 10.5. The second-order valence-electron chi connectivity index (χ2n) is 4.37. The van der Waals surface area contributed by atoms with Crippen LogP contribution in [0.5, 0.6) is 0 Å². The van der Waals surface area contributed by atoms with Gasteiger partial charge in [0.25, 0.3) is 0 Å². The molecule has 1 aromatic heterocycles. The molecule has 96 valence electrons. The largest absolute Gasteiger partial charge is 0.311 e. The third kappa shape index (κ3) is 2.31. The lowest BCUT2D eigenvalue weighted by Crippen LogP contribution is -2.21. The van der Waals surface area contributed by atoms with Crippen molar-refractivity contribution in [2.75, 3.05) is 11.4 Å². The number of nitrogens with zero attached hydrogens (tertiary/aromatic N) is 3. The van der Waals surface area contributed by atoms with E-state index in [1.807, 2.05) is 22.8 Å². The van der Waals surface area contributed by atoms with Crippen molar-refractivity contribution < 1.29 is 0 Å². The third-order valence-electron chi connectivity index (χ3n) is 2.83. The first kappa shape index (κ1) is 12.8. The number of rotatable bonds is 4. The zero-order valence-corrected chi connectivity index (χ0v) is 11.7. The van der Waals surface area contributed by atoms with Crippen molar-refractivity contribution in [1.82, 2.24) is 14.8 Å². The van der Waals surface area contributed by atoms with Gasteiger partial charge in [-0.25, -0.2) is 5.10 Å². The van der Waals surface area contributed by atoms with Crippen molar-refractivity contribution in [3.8, 4) is 0 Å². The summed E-state index contributed by atoms with van der Waals surface area (Å²) >= 11 is 5.28. The molecule has 2 aromatic rings. The molecule has 0 radical (unpaired) electrons. The van der Waals surface area contributed by atoms with Gasteiger partial charge in [0, 0.05) is 18.3 Å². The highest BCUT2D eigenvalue weighted by Gasteiger charge is 2.16. The number of hydrogen-bond acceptors (Lipinski definition) is 3. The molecule has 0 unspecified atom stereocenters. The van der Waals surface area contributed by atoms with E-state index in [4.69, 9.17) is 12.2 Å². The van der Waals surface area contributed by atoms with E-state index < -0.39 is 0 Å². The number of H-pyrrole nitrogens is 1. The Kier molecular flexibility index (Phi) is 3.81. The van der Waals surface area contributed by atoms with E-state index in [-0.39, 0.29) is 6.04 Å². The number of para-hydroxylation sites is 1. The molecule has 0 aliphatic heterocycles. The van der Waals surface area contributed by atoms with Crippen molar-refractivity contribution in [3.63, 3.8) is 0 Å². The Morgan fingerprint density at radius 3 is 2.56 bits per heavy atom. The summed E-state index contributed by atoms with van der Waals surface area (Å²) in [5.41, 5.74) is 1.12. The molecule has 0 fully saturated rings. The zero-order valence-electron chi connectivity index (χ0n) is 10.9. The van der Waals surface area contributed by atoms with Crippen LogP contribution in [-0.4, -0.2) is 21.3 Å². The average molecular weight is 262 g/mol. The molecule has 0 bridgehead atoms. The van der Waals surface area contributed by atoms with Crippen LogP contribution in [0.25, 0.3) is 0 Å². The minimum absolute atomic E-state index is 0.281. The Labute approximate surface area is 112 Å². The molecule has 1 aromatic carbocycles. The summed E-state index contributed by atoms with van der Waals surface area (Å²) in [6.45, 7) is 7.16. The van der Waals surface area contributed by atoms with Crippen LogP contribution in [-0.2, 0) is 0 Å². The Morgan fingerprint density at radius 1 is 1.33 bits per heavy atom. The lowest BCUT2D eigenvalue weighted by Gasteiger charge is -2.23. The molecule has 0 spiro atoms. The third-order valence-corrected chi connectivity index (χ3v) is 3.12. The Hall–Kier alpha value is -1.62. The second kappa shape index (κ2) is 5.35. The molecule has 0 amide bonds. The molecule has 1 N–H and O–H groups in total.